The lowest BCUT2D eigenvalue weighted by Crippen LogP contribution is -2.42. The molecule has 1 fully saturated rings. The van der Waals surface area contributed by atoms with Crippen LogP contribution in [0.2, 0.25) is 0 Å². The fourth-order valence-corrected chi connectivity index (χ4v) is 4.29. The van der Waals surface area contributed by atoms with Crippen molar-refractivity contribution in [2.45, 2.75) is 71.2 Å². The van der Waals surface area contributed by atoms with Crippen molar-refractivity contribution in [3.05, 3.63) is 47.3 Å². The van der Waals surface area contributed by atoms with E-state index < -0.39 is 5.60 Å². The normalized spacial score (nSPS) is 18.6. The molecule has 2 amide bonds. The van der Waals surface area contributed by atoms with Crippen LogP contribution in [0.3, 0.4) is 0 Å². The third-order valence-electron chi connectivity index (χ3n) is 5.85. The summed E-state index contributed by atoms with van der Waals surface area (Å²) in [5.41, 5.74) is 0.393. The quantitative estimate of drug-likeness (QED) is 0.723. The molecule has 3 heterocycles. The molecule has 9 heteroatoms. The molecule has 0 aliphatic carbocycles. The van der Waals surface area contributed by atoms with Gasteiger partial charge in [-0.25, -0.2) is 9.18 Å². The number of ether oxygens (including phenoxy) is 1. The molecule has 1 unspecified atom stereocenters. The highest BCUT2D eigenvalue weighted by molar-refractivity contribution is 5.77. The Kier molecular flexibility index (Phi) is 6.17. The molecule has 32 heavy (non-hydrogen) atoms. The van der Waals surface area contributed by atoms with E-state index in [2.05, 4.69) is 10.2 Å². The minimum atomic E-state index is -0.550. The molecular weight excluding hydrogens is 413 g/mol. The number of rotatable bonds is 4. The number of likely N-dealkylation sites (tertiary alicyclic amines) is 1. The van der Waals surface area contributed by atoms with Gasteiger partial charge in [-0.15, -0.1) is 10.2 Å². The van der Waals surface area contributed by atoms with E-state index in [0.717, 1.165) is 24.2 Å². The molecule has 0 N–H and O–H groups in total. The minimum absolute atomic E-state index is 0.0698. The Labute approximate surface area is 187 Å². The van der Waals surface area contributed by atoms with Gasteiger partial charge < -0.3 is 14.2 Å². The number of nitrogens with zero attached hydrogens (tertiary/aromatic N) is 5. The van der Waals surface area contributed by atoms with Crippen LogP contribution in [0.25, 0.3) is 0 Å². The Balaban J connectivity index is 1.41. The van der Waals surface area contributed by atoms with E-state index in [4.69, 9.17) is 4.74 Å². The molecule has 2 aromatic rings. The average Bonchev–Trinajstić information content (AvgIpc) is 3.38. The summed E-state index contributed by atoms with van der Waals surface area (Å²) in [6.07, 6.45) is 2.35. The first kappa shape index (κ1) is 22.2. The molecule has 1 saturated heterocycles. The lowest BCUT2D eigenvalue weighted by molar-refractivity contribution is -0.132. The Bertz CT molecular complexity index is 983. The number of carbonyl (C=O) groups excluding carboxylic acids is 2. The van der Waals surface area contributed by atoms with Gasteiger partial charge in [0.05, 0.1) is 12.6 Å². The summed E-state index contributed by atoms with van der Waals surface area (Å²) in [6.45, 7) is 7.65. The first-order chi connectivity index (χ1) is 15.2. The number of hydrogen-bond donors (Lipinski definition) is 0. The fourth-order valence-electron chi connectivity index (χ4n) is 4.29. The van der Waals surface area contributed by atoms with E-state index in [0.29, 0.717) is 44.8 Å². The van der Waals surface area contributed by atoms with E-state index in [-0.39, 0.29) is 23.9 Å². The van der Waals surface area contributed by atoms with Crippen LogP contribution in [-0.2, 0) is 29.0 Å². The molecule has 0 spiro atoms. The van der Waals surface area contributed by atoms with Crippen molar-refractivity contribution in [2.75, 3.05) is 13.1 Å². The van der Waals surface area contributed by atoms with E-state index in [9.17, 15) is 14.0 Å². The second-order valence-corrected chi connectivity index (χ2v) is 9.40. The van der Waals surface area contributed by atoms with Gasteiger partial charge in [-0.05, 0) is 57.7 Å². The van der Waals surface area contributed by atoms with Crippen LogP contribution in [0, 0.1) is 5.82 Å². The summed E-state index contributed by atoms with van der Waals surface area (Å²) in [4.78, 5) is 28.9. The van der Waals surface area contributed by atoms with Crippen molar-refractivity contribution in [3.63, 3.8) is 0 Å². The third kappa shape index (κ3) is 4.92. The van der Waals surface area contributed by atoms with Crippen LogP contribution in [0.15, 0.2) is 24.3 Å². The Morgan fingerprint density at radius 2 is 1.88 bits per heavy atom. The second kappa shape index (κ2) is 8.88. The van der Waals surface area contributed by atoms with Gasteiger partial charge >= 0.3 is 6.09 Å². The number of aromatic nitrogens is 3. The molecule has 172 valence electrons. The van der Waals surface area contributed by atoms with E-state index in [1.807, 2.05) is 30.2 Å². The van der Waals surface area contributed by atoms with Gasteiger partial charge in [0, 0.05) is 26.1 Å². The van der Waals surface area contributed by atoms with Crippen molar-refractivity contribution < 1.29 is 18.7 Å². The predicted molar refractivity (Wildman–Crippen MR) is 115 cm³/mol. The lowest BCUT2D eigenvalue weighted by atomic mass is 10.1. The van der Waals surface area contributed by atoms with Gasteiger partial charge in [-0.2, -0.15) is 0 Å². The number of benzene rings is 1. The lowest BCUT2D eigenvalue weighted by Gasteiger charge is -2.31. The van der Waals surface area contributed by atoms with Gasteiger partial charge in [0.2, 0.25) is 5.91 Å². The molecule has 2 aliphatic rings. The predicted octanol–water partition coefficient (Wildman–Crippen LogP) is 3.46. The SMILES string of the molecule is CC(C)(C)OC(=O)N1CCn2c(nnc2C2CCCN2C(=O)CCc2ccc(F)cc2)C1. The fraction of sp³-hybridized carbons (Fsp3) is 0.565. The van der Waals surface area contributed by atoms with Crippen molar-refractivity contribution in [1.29, 1.82) is 0 Å². The molecular formula is C23H30FN5O3. The maximum atomic E-state index is 13.1. The van der Waals surface area contributed by atoms with Gasteiger partial charge in [0.15, 0.2) is 11.6 Å². The summed E-state index contributed by atoms with van der Waals surface area (Å²) in [6, 6.07) is 6.17. The number of hydrogen-bond acceptors (Lipinski definition) is 5. The average molecular weight is 444 g/mol. The highest BCUT2D eigenvalue weighted by atomic mass is 19.1. The highest BCUT2D eigenvalue weighted by Gasteiger charge is 2.36. The van der Waals surface area contributed by atoms with Crippen LogP contribution >= 0.6 is 0 Å². The Morgan fingerprint density at radius 3 is 2.59 bits per heavy atom. The zero-order chi connectivity index (χ0) is 22.9. The molecule has 4 rings (SSSR count). The van der Waals surface area contributed by atoms with Crippen LogP contribution in [-0.4, -0.2) is 55.3 Å². The van der Waals surface area contributed by atoms with Crippen LogP contribution < -0.4 is 0 Å². The topological polar surface area (TPSA) is 80.6 Å². The first-order valence-corrected chi connectivity index (χ1v) is 11.1. The van der Waals surface area contributed by atoms with E-state index in [1.165, 1.54) is 12.1 Å². The largest absolute Gasteiger partial charge is 0.444 e. The summed E-state index contributed by atoms with van der Waals surface area (Å²) < 4.78 is 20.6. The van der Waals surface area contributed by atoms with E-state index in [1.54, 1.807) is 17.0 Å². The molecule has 1 atom stereocenters. The summed E-state index contributed by atoms with van der Waals surface area (Å²) >= 11 is 0. The third-order valence-corrected chi connectivity index (χ3v) is 5.85. The highest BCUT2D eigenvalue weighted by Crippen LogP contribution is 2.33. The number of aryl methyl sites for hydroxylation is 1. The zero-order valence-electron chi connectivity index (χ0n) is 18.9. The van der Waals surface area contributed by atoms with E-state index >= 15 is 0 Å². The van der Waals surface area contributed by atoms with Crippen LogP contribution in [0.1, 0.15) is 63.3 Å². The molecule has 2 aliphatic heterocycles. The first-order valence-electron chi connectivity index (χ1n) is 11.1. The minimum Gasteiger partial charge on any atom is -0.444 e. The van der Waals surface area contributed by atoms with Crippen LogP contribution in [0.4, 0.5) is 9.18 Å². The van der Waals surface area contributed by atoms with Gasteiger partial charge in [-0.3, -0.25) is 9.69 Å². The monoisotopic (exact) mass is 443 g/mol. The van der Waals surface area contributed by atoms with Crippen molar-refractivity contribution in [1.82, 2.24) is 24.6 Å². The number of fused-ring (bicyclic) bond motifs is 1. The van der Waals surface area contributed by atoms with Crippen molar-refractivity contribution >= 4 is 12.0 Å². The van der Waals surface area contributed by atoms with Gasteiger partial charge in [-0.1, -0.05) is 12.1 Å². The summed E-state index contributed by atoms with van der Waals surface area (Å²) in [7, 11) is 0. The Morgan fingerprint density at radius 1 is 1.12 bits per heavy atom. The molecule has 0 radical (unpaired) electrons. The maximum Gasteiger partial charge on any atom is 0.410 e. The smallest absolute Gasteiger partial charge is 0.410 e. The van der Waals surface area contributed by atoms with Crippen LogP contribution in [0.5, 0.6) is 0 Å². The van der Waals surface area contributed by atoms with Gasteiger partial charge in [0.25, 0.3) is 0 Å². The Hall–Kier alpha value is -2.97. The standard InChI is InChI=1S/C23H30FN5O3/c1-23(2,3)32-22(31)27-13-14-29-19(15-27)25-26-21(29)18-5-4-12-28(18)20(30)11-8-16-6-9-17(24)10-7-16/h6-7,9-10,18H,4-5,8,11-15H2,1-3H3. The number of halogens is 1. The summed E-state index contributed by atoms with van der Waals surface area (Å²) in [5, 5.41) is 8.72. The summed E-state index contributed by atoms with van der Waals surface area (Å²) in [5.74, 6) is 1.29. The van der Waals surface area contributed by atoms with Gasteiger partial charge in [0.1, 0.15) is 11.4 Å². The molecule has 1 aromatic carbocycles. The van der Waals surface area contributed by atoms with Crippen molar-refractivity contribution in [3.8, 4) is 0 Å². The molecule has 1 aromatic heterocycles. The van der Waals surface area contributed by atoms with Crippen molar-refractivity contribution in [2.24, 2.45) is 0 Å². The molecule has 0 bridgehead atoms. The second-order valence-electron chi connectivity index (χ2n) is 9.40. The zero-order valence-corrected chi connectivity index (χ0v) is 18.9. The number of carbonyl (C=O) groups is 2. The molecule has 8 nitrogen and oxygen atoms in total. The number of amides is 2. The molecule has 0 saturated carbocycles. The maximum absolute atomic E-state index is 13.1.